The predicted molar refractivity (Wildman–Crippen MR) is 86.8 cm³/mol. The van der Waals surface area contributed by atoms with E-state index in [1.54, 1.807) is 13.3 Å². The van der Waals surface area contributed by atoms with Gasteiger partial charge in [0.25, 0.3) is 0 Å². The summed E-state index contributed by atoms with van der Waals surface area (Å²) in [4.78, 5) is 4.39. The normalized spacial score (nSPS) is 10.6. The number of aromatic nitrogens is 1. The summed E-state index contributed by atoms with van der Waals surface area (Å²) < 4.78 is 12.1. The van der Waals surface area contributed by atoms with Crippen molar-refractivity contribution in [3.05, 3.63) is 64.8 Å². The van der Waals surface area contributed by atoms with Gasteiger partial charge in [0.2, 0.25) is 0 Å². The van der Waals surface area contributed by atoms with Gasteiger partial charge in [-0.25, -0.2) is 0 Å². The molecule has 1 heterocycles. The molecule has 21 heavy (non-hydrogen) atoms. The summed E-state index contributed by atoms with van der Waals surface area (Å²) in [5.74, 6) is 1.57. The van der Waals surface area contributed by atoms with Crippen LogP contribution in [0.5, 0.6) is 11.5 Å². The van der Waals surface area contributed by atoms with E-state index in [4.69, 9.17) is 9.47 Å². The summed E-state index contributed by atoms with van der Waals surface area (Å²) in [6.45, 7) is 0.456. The Labute approximate surface area is 131 Å². The van der Waals surface area contributed by atoms with E-state index >= 15 is 0 Å². The summed E-state index contributed by atoms with van der Waals surface area (Å²) in [7, 11) is 1.65. The SMILES string of the molecule is COc1ccc(Br)c(COc2cnc3ccccc3c2)c1. The summed E-state index contributed by atoms with van der Waals surface area (Å²) in [6.07, 6.45) is 1.75. The number of pyridine rings is 1. The molecule has 0 unspecified atom stereocenters. The smallest absolute Gasteiger partial charge is 0.138 e. The molecule has 0 fully saturated rings. The molecular weight excluding hydrogens is 330 g/mol. The van der Waals surface area contributed by atoms with Gasteiger partial charge in [-0.1, -0.05) is 34.1 Å². The summed E-state index contributed by atoms with van der Waals surface area (Å²) >= 11 is 3.52. The zero-order chi connectivity index (χ0) is 14.7. The van der Waals surface area contributed by atoms with Crippen LogP contribution in [-0.4, -0.2) is 12.1 Å². The molecular formula is C17H14BrNO2. The average molecular weight is 344 g/mol. The highest BCUT2D eigenvalue weighted by Crippen LogP contribution is 2.25. The van der Waals surface area contributed by atoms with Crippen molar-refractivity contribution in [3.8, 4) is 11.5 Å². The Morgan fingerprint density at radius 3 is 2.76 bits per heavy atom. The van der Waals surface area contributed by atoms with Crippen molar-refractivity contribution in [1.82, 2.24) is 4.98 Å². The van der Waals surface area contributed by atoms with Gasteiger partial charge in [0.05, 0.1) is 18.8 Å². The first-order chi connectivity index (χ1) is 10.3. The Kier molecular flexibility index (Phi) is 4.06. The number of nitrogens with zero attached hydrogens (tertiary/aromatic N) is 1. The molecule has 1 aromatic heterocycles. The fraction of sp³-hybridized carbons (Fsp3) is 0.118. The van der Waals surface area contributed by atoms with Gasteiger partial charge in [-0.3, -0.25) is 4.98 Å². The molecule has 0 aliphatic heterocycles. The number of hydrogen-bond acceptors (Lipinski definition) is 3. The third kappa shape index (κ3) is 3.16. The molecule has 4 heteroatoms. The first-order valence-corrected chi connectivity index (χ1v) is 7.35. The van der Waals surface area contributed by atoms with Crippen molar-refractivity contribution >= 4 is 26.8 Å². The zero-order valence-corrected chi connectivity index (χ0v) is 13.1. The molecule has 0 aliphatic carbocycles. The summed E-state index contributed by atoms with van der Waals surface area (Å²) in [5, 5.41) is 1.07. The molecule has 0 saturated heterocycles. The number of halogens is 1. The quantitative estimate of drug-likeness (QED) is 0.694. The molecule has 3 aromatic rings. The maximum Gasteiger partial charge on any atom is 0.138 e. The van der Waals surface area contributed by atoms with E-state index in [1.165, 1.54) is 0 Å². The number of para-hydroxylation sites is 1. The molecule has 0 aliphatic rings. The lowest BCUT2D eigenvalue weighted by Gasteiger charge is -2.10. The predicted octanol–water partition coefficient (Wildman–Crippen LogP) is 4.58. The summed E-state index contributed by atoms with van der Waals surface area (Å²) in [6, 6.07) is 15.8. The van der Waals surface area contributed by atoms with Crippen molar-refractivity contribution in [2.24, 2.45) is 0 Å². The Hall–Kier alpha value is -2.07. The van der Waals surface area contributed by atoms with Crippen LogP contribution in [0.1, 0.15) is 5.56 Å². The molecule has 0 saturated carbocycles. The second kappa shape index (κ2) is 6.14. The molecule has 0 bridgehead atoms. The molecule has 3 nitrogen and oxygen atoms in total. The molecule has 106 valence electrons. The number of ether oxygens (including phenoxy) is 2. The minimum absolute atomic E-state index is 0.456. The van der Waals surface area contributed by atoms with Gasteiger partial charge in [0.15, 0.2) is 0 Å². The molecule has 0 spiro atoms. The molecule has 0 amide bonds. The van der Waals surface area contributed by atoms with Crippen LogP contribution in [-0.2, 0) is 6.61 Å². The van der Waals surface area contributed by atoms with E-state index in [-0.39, 0.29) is 0 Å². The fourth-order valence-electron chi connectivity index (χ4n) is 2.08. The number of rotatable bonds is 4. The lowest BCUT2D eigenvalue weighted by atomic mass is 10.2. The van der Waals surface area contributed by atoms with Gasteiger partial charge < -0.3 is 9.47 Å². The highest BCUT2D eigenvalue weighted by molar-refractivity contribution is 9.10. The van der Waals surface area contributed by atoms with Crippen molar-refractivity contribution in [2.45, 2.75) is 6.61 Å². The summed E-state index contributed by atoms with van der Waals surface area (Å²) in [5.41, 5.74) is 2.00. The second-order valence-electron chi connectivity index (χ2n) is 4.61. The first-order valence-electron chi connectivity index (χ1n) is 6.56. The Morgan fingerprint density at radius 1 is 1.05 bits per heavy atom. The molecule has 0 N–H and O–H groups in total. The van der Waals surface area contributed by atoms with Crippen LogP contribution in [0.25, 0.3) is 10.9 Å². The van der Waals surface area contributed by atoms with Crippen LogP contribution in [0.3, 0.4) is 0 Å². The first kappa shape index (κ1) is 13.9. The monoisotopic (exact) mass is 343 g/mol. The van der Waals surface area contributed by atoms with E-state index in [1.807, 2.05) is 48.5 Å². The Balaban J connectivity index is 1.80. The van der Waals surface area contributed by atoms with Crippen LogP contribution in [0, 0.1) is 0 Å². The average Bonchev–Trinajstić information content (AvgIpc) is 2.54. The minimum Gasteiger partial charge on any atom is -0.497 e. The number of benzene rings is 2. The molecule has 2 aromatic carbocycles. The Morgan fingerprint density at radius 2 is 1.90 bits per heavy atom. The lowest BCUT2D eigenvalue weighted by molar-refractivity contribution is 0.304. The largest absolute Gasteiger partial charge is 0.497 e. The van der Waals surface area contributed by atoms with Crippen molar-refractivity contribution < 1.29 is 9.47 Å². The molecule has 3 rings (SSSR count). The second-order valence-corrected chi connectivity index (χ2v) is 5.46. The van der Waals surface area contributed by atoms with Gasteiger partial charge in [0, 0.05) is 15.4 Å². The maximum atomic E-state index is 5.83. The van der Waals surface area contributed by atoms with E-state index in [9.17, 15) is 0 Å². The van der Waals surface area contributed by atoms with Crippen molar-refractivity contribution in [3.63, 3.8) is 0 Å². The van der Waals surface area contributed by atoms with Crippen molar-refractivity contribution in [2.75, 3.05) is 7.11 Å². The maximum absolute atomic E-state index is 5.83. The molecule has 0 atom stereocenters. The topological polar surface area (TPSA) is 31.4 Å². The highest BCUT2D eigenvalue weighted by Gasteiger charge is 2.04. The van der Waals surface area contributed by atoms with Crippen LogP contribution in [0.15, 0.2) is 59.2 Å². The molecule has 0 radical (unpaired) electrons. The van der Waals surface area contributed by atoms with E-state index < -0.39 is 0 Å². The van der Waals surface area contributed by atoms with E-state index in [2.05, 4.69) is 20.9 Å². The fourth-order valence-corrected chi connectivity index (χ4v) is 2.44. The van der Waals surface area contributed by atoms with Crippen LogP contribution >= 0.6 is 15.9 Å². The Bertz CT molecular complexity index is 774. The zero-order valence-electron chi connectivity index (χ0n) is 11.5. The number of methoxy groups -OCH3 is 1. The van der Waals surface area contributed by atoms with Crippen LogP contribution < -0.4 is 9.47 Å². The van der Waals surface area contributed by atoms with Gasteiger partial charge in [-0.05, 0) is 30.3 Å². The highest BCUT2D eigenvalue weighted by atomic mass is 79.9. The third-order valence-corrected chi connectivity index (χ3v) is 3.99. The van der Waals surface area contributed by atoms with E-state index in [0.717, 1.165) is 32.4 Å². The van der Waals surface area contributed by atoms with Gasteiger partial charge in [-0.2, -0.15) is 0 Å². The third-order valence-electron chi connectivity index (χ3n) is 3.21. The van der Waals surface area contributed by atoms with Gasteiger partial charge in [-0.15, -0.1) is 0 Å². The van der Waals surface area contributed by atoms with Gasteiger partial charge in [0.1, 0.15) is 18.1 Å². The standard InChI is InChI=1S/C17H14BrNO2/c1-20-14-6-7-16(18)13(9-14)11-21-15-8-12-4-2-3-5-17(12)19-10-15/h2-10H,11H2,1H3. The lowest BCUT2D eigenvalue weighted by Crippen LogP contribution is -1.98. The van der Waals surface area contributed by atoms with Crippen molar-refractivity contribution in [1.29, 1.82) is 0 Å². The van der Waals surface area contributed by atoms with Crippen LogP contribution in [0.4, 0.5) is 0 Å². The number of hydrogen-bond donors (Lipinski definition) is 0. The number of fused-ring (bicyclic) bond motifs is 1. The van der Waals surface area contributed by atoms with Crippen LogP contribution in [0.2, 0.25) is 0 Å². The minimum atomic E-state index is 0.456. The van der Waals surface area contributed by atoms with E-state index in [0.29, 0.717) is 6.61 Å². The van der Waals surface area contributed by atoms with Gasteiger partial charge >= 0.3 is 0 Å².